The van der Waals surface area contributed by atoms with Gasteiger partial charge in [-0.25, -0.2) is 4.79 Å². The van der Waals surface area contributed by atoms with Gasteiger partial charge in [0.2, 0.25) is 0 Å². The van der Waals surface area contributed by atoms with Gasteiger partial charge in [-0.3, -0.25) is 4.57 Å². The van der Waals surface area contributed by atoms with Gasteiger partial charge in [0.15, 0.2) is 6.23 Å². The number of hydrogen-bond donors (Lipinski definition) is 5. The Balaban J connectivity index is 2.37. The van der Waals surface area contributed by atoms with E-state index in [4.69, 9.17) is 21.3 Å². The van der Waals surface area contributed by atoms with Gasteiger partial charge >= 0.3 is 5.69 Å². The van der Waals surface area contributed by atoms with Crippen LogP contribution in [0.2, 0.25) is 0 Å². The Morgan fingerprint density at radius 1 is 1.43 bits per heavy atom. The Kier molecular flexibility index (Phi) is 4.58. The fourth-order valence-electron chi connectivity index (χ4n) is 2.17. The van der Waals surface area contributed by atoms with Gasteiger partial charge in [0, 0.05) is 11.8 Å². The molecule has 1 fully saturated rings. The van der Waals surface area contributed by atoms with Gasteiger partial charge in [-0.1, -0.05) is 6.08 Å². The van der Waals surface area contributed by atoms with E-state index < -0.39 is 36.8 Å². The number of nitrogens with two attached hydrogens (primary N) is 2. The van der Waals surface area contributed by atoms with Gasteiger partial charge in [0.25, 0.3) is 0 Å². The maximum Gasteiger partial charge on any atom is 0.351 e. The van der Waals surface area contributed by atoms with Crippen molar-refractivity contribution < 1.29 is 20.1 Å². The van der Waals surface area contributed by atoms with E-state index in [1.165, 1.54) is 12.4 Å². The van der Waals surface area contributed by atoms with Crippen LogP contribution in [-0.4, -0.2) is 49.8 Å². The van der Waals surface area contributed by atoms with Gasteiger partial charge in [-0.05, 0) is 12.6 Å². The first-order valence-electron chi connectivity index (χ1n) is 6.36. The highest BCUT2D eigenvalue weighted by atomic mass is 16.6. The lowest BCUT2D eigenvalue weighted by atomic mass is 10.1. The molecule has 7 N–H and O–H groups in total. The Hall–Kier alpha value is -1.94. The second kappa shape index (κ2) is 6.22. The molecule has 0 aromatic carbocycles. The van der Waals surface area contributed by atoms with E-state index in [9.17, 15) is 15.0 Å². The third-order valence-corrected chi connectivity index (χ3v) is 3.33. The highest BCUT2D eigenvalue weighted by Crippen LogP contribution is 2.28. The van der Waals surface area contributed by atoms with E-state index in [0.717, 1.165) is 4.57 Å². The Labute approximate surface area is 120 Å². The summed E-state index contributed by atoms with van der Waals surface area (Å²) in [5.41, 5.74) is 10.7. The maximum absolute atomic E-state index is 11.9. The van der Waals surface area contributed by atoms with E-state index in [1.54, 1.807) is 6.08 Å². The molecule has 1 aromatic rings. The number of ether oxygens (including phenoxy) is 1. The molecule has 4 atom stereocenters. The SMILES string of the molecule is NC=CCc1cn([C@@H]2O[C@H](CO)[C@@H](O)[C@H]2O)c(=O)nc1N. The maximum atomic E-state index is 11.9. The van der Waals surface area contributed by atoms with Crippen molar-refractivity contribution in [3.05, 3.63) is 34.5 Å². The van der Waals surface area contributed by atoms with Crippen molar-refractivity contribution >= 4 is 5.82 Å². The van der Waals surface area contributed by atoms with E-state index in [-0.39, 0.29) is 5.82 Å². The van der Waals surface area contributed by atoms with Gasteiger partial charge in [0.05, 0.1) is 6.61 Å². The summed E-state index contributed by atoms with van der Waals surface area (Å²) in [5, 5.41) is 28.7. The van der Waals surface area contributed by atoms with Crippen LogP contribution < -0.4 is 17.2 Å². The molecule has 0 spiro atoms. The first kappa shape index (κ1) is 15.4. The molecule has 0 saturated carbocycles. The summed E-state index contributed by atoms with van der Waals surface area (Å²) in [6.45, 7) is -0.478. The molecular formula is C12H18N4O5. The van der Waals surface area contributed by atoms with Crippen LogP contribution >= 0.6 is 0 Å². The smallest absolute Gasteiger partial charge is 0.351 e. The molecule has 0 radical (unpaired) electrons. The number of nitrogens with zero attached hydrogens (tertiary/aromatic N) is 2. The number of nitrogen functional groups attached to an aromatic ring is 1. The third-order valence-electron chi connectivity index (χ3n) is 3.33. The molecule has 9 heteroatoms. The van der Waals surface area contributed by atoms with Crippen molar-refractivity contribution in [2.24, 2.45) is 5.73 Å². The zero-order chi connectivity index (χ0) is 15.6. The van der Waals surface area contributed by atoms with E-state index >= 15 is 0 Å². The van der Waals surface area contributed by atoms with Crippen molar-refractivity contribution in [2.45, 2.75) is 31.0 Å². The minimum atomic E-state index is -1.36. The molecule has 2 rings (SSSR count). The van der Waals surface area contributed by atoms with Crippen molar-refractivity contribution in [3.63, 3.8) is 0 Å². The first-order valence-corrected chi connectivity index (χ1v) is 6.36. The predicted octanol–water partition coefficient (Wildman–Crippen LogP) is -2.55. The Bertz CT molecular complexity index is 588. The van der Waals surface area contributed by atoms with Gasteiger partial charge in [0.1, 0.15) is 24.1 Å². The normalized spacial score (nSPS) is 29.3. The number of aromatic nitrogens is 2. The van der Waals surface area contributed by atoms with Crippen LogP contribution in [0.25, 0.3) is 0 Å². The Morgan fingerprint density at radius 3 is 2.71 bits per heavy atom. The second-order valence-electron chi connectivity index (χ2n) is 4.70. The van der Waals surface area contributed by atoms with Gasteiger partial charge in [-0.15, -0.1) is 0 Å². The fraction of sp³-hybridized carbons (Fsp3) is 0.500. The number of aliphatic hydroxyl groups excluding tert-OH is 3. The molecule has 1 aliphatic heterocycles. The summed E-state index contributed by atoms with van der Waals surface area (Å²) >= 11 is 0. The number of hydrogen-bond acceptors (Lipinski definition) is 8. The highest BCUT2D eigenvalue weighted by Gasteiger charge is 2.43. The summed E-state index contributed by atoms with van der Waals surface area (Å²) < 4.78 is 6.33. The molecule has 21 heavy (non-hydrogen) atoms. The number of anilines is 1. The molecule has 9 nitrogen and oxygen atoms in total. The summed E-state index contributed by atoms with van der Waals surface area (Å²) in [6, 6.07) is 0. The van der Waals surface area contributed by atoms with E-state index in [1.807, 2.05) is 0 Å². The van der Waals surface area contributed by atoms with Crippen LogP contribution in [0.15, 0.2) is 23.3 Å². The number of aliphatic hydroxyl groups is 3. The monoisotopic (exact) mass is 298 g/mol. The molecule has 0 amide bonds. The van der Waals surface area contributed by atoms with E-state index in [2.05, 4.69) is 4.98 Å². The second-order valence-corrected chi connectivity index (χ2v) is 4.70. The van der Waals surface area contributed by atoms with Crippen LogP contribution in [0, 0.1) is 0 Å². The predicted molar refractivity (Wildman–Crippen MR) is 73.0 cm³/mol. The minimum Gasteiger partial charge on any atom is -0.405 e. The molecular weight excluding hydrogens is 280 g/mol. The lowest BCUT2D eigenvalue weighted by Crippen LogP contribution is -2.36. The highest BCUT2D eigenvalue weighted by molar-refractivity contribution is 5.38. The average molecular weight is 298 g/mol. The Morgan fingerprint density at radius 2 is 2.14 bits per heavy atom. The summed E-state index contributed by atoms with van der Waals surface area (Å²) in [6.07, 6.45) is -0.0590. The topological polar surface area (TPSA) is 157 Å². The largest absolute Gasteiger partial charge is 0.405 e. The molecule has 1 saturated heterocycles. The molecule has 0 aliphatic carbocycles. The first-order chi connectivity index (χ1) is 9.99. The quantitative estimate of drug-likeness (QED) is 0.406. The minimum absolute atomic E-state index is 0.0566. The zero-order valence-electron chi connectivity index (χ0n) is 11.2. The summed E-state index contributed by atoms with van der Waals surface area (Å²) in [5.74, 6) is 0.0566. The van der Waals surface area contributed by atoms with Crippen LogP contribution in [-0.2, 0) is 11.2 Å². The van der Waals surface area contributed by atoms with E-state index in [0.29, 0.717) is 12.0 Å². The number of rotatable bonds is 4. The van der Waals surface area contributed by atoms with Crippen LogP contribution in [0.4, 0.5) is 5.82 Å². The fourth-order valence-corrected chi connectivity index (χ4v) is 2.17. The standard InChI is InChI=1S/C12H18N4O5/c13-3-1-2-6-4-16(12(20)15-10(6)14)11-9(19)8(18)7(5-17)21-11/h1,3-4,7-9,11,17-19H,2,5,13H2,(H2,14,15,20)/t7-,8-,9-,11-/m1/s1. The molecule has 2 heterocycles. The van der Waals surface area contributed by atoms with Crippen LogP contribution in [0.3, 0.4) is 0 Å². The molecule has 1 aliphatic rings. The molecule has 1 aromatic heterocycles. The van der Waals surface area contributed by atoms with Gasteiger partial charge in [-0.2, -0.15) is 4.98 Å². The summed E-state index contributed by atoms with van der Waals surface area (Å²) in [4.78, 5) is 15.6. The zero-order valence-corrected chi connectivity index (χ0v) is 11.2. The van der Waals surface area contributed by atoms with Gasteiger partial charge < -0.3 is 31.5 Å². The van der Waals surface area contributed by atoms with Crippen LogP contribution in [0.1, 0.15) is 11.8 Å². The van der Waals surface area contributed by atoms with Crippen molar-refractivity contribution in [1.82, 2.24) is 9.55 Å². The molecule has 0 unspecified atom stereocenters. The lowest BCUT2D eigenvalue weighted by Gasteiger charge is -2.18. The van der Waals surface area contributed by atoms with Crippen molar-refractivity contribution in [1.29, 1.82) is 0 Å². The molecule has 0 bridgehead atoms. The summed E-state index contributed by atoms with van der Waals surface area (Å²) in [7, 11) is 0. The third kappa shape index (κ3) is 2.90. The average Bonchev–Trinajstić information content (AvgIpc) is 2.74. The molecule has 116 valence electrons. The number of allylic oxidation sites excluding steroid dienone is 1. The van der Waals surface area contributed by atoms with Crippen molar-refractivity contribution in [3.8, 4) is 0 Å². The lowest BCUT2D eigenvalue weighted by molar-refractivity contribution is -0.0550. The van der Waals surface area contributed by atoms with Crippen LogP contribution in [0.5, 0.6) is 0 Å². The van der Waals surface area contributed by atoms with Crippen molar-refractivity contribution in [2.75, 3.05) is 12.3 Å².